The Labute approximate surface area is 95.0 Å². The second-order valence-corrected chi connectivity index (χ2v) is 4.15. The Bertz CT molecular complexity index is 313. The third kappa shape index (κ3) is 2.53. The zero-order valence-corrected chi connectivity index (χ0v) is 9.67. The second kappa shape index (κ2) is 4.55. The Morgan fingerprint density at radius 3 is 2.27 bits per heavy atom. The largest absolute Gasteiger partial charge is 0.381 e. The molecule has 0 saturated carbocycles. The van der Waals surface area contributed by atoms with Crippen LogP contribution in [0.1, 0.15) is 5.56 Å². The monoisotopic (exact) mass is 280 g/mol. The summed E-state index contributed by atoms with van der Waals surface area (Å²) < 4.78 is 31.1. The van der Waals surface area contributed by atoms with Gasteiger partial charge < -0.3 is 9.84 Å². The third-order valence-electron chi connectivity index (χ3n) is 2.07. The van der Waals surface area contributed by atoms with Gasteiger partial charge in [-0.15, -0.1) is 0 Å². The number of benzene rings is 1. The number of ether oxygens (including phenoxy) is 1. The van der Waals surface area contributed by atoms with E-state index in [0.29, 0.717) is 0 Å². The van der Waals surface area contributed by atoms with E-state index < -0.39 is 17.0 Å². The van der Waals surface area contributed by atoms with Gasteiger partial charge in [-0.25, -0.2) is 0 Å². The number of methoxy groups -OCH3 is 1. The van der Waals surface area contributed by atoms with Crippen molar-refractivity contribution in [2.75, 3.05) is 13.7 Å². The van der Waals surface area contributed by atoms with Crippen molar-refractivity contribution in [2.24, 2.45) is 0 Å². The Hall–Kier alpha value is -0.520. The average Bonchev–Trinajstić information content (AvgIpc) is 2.18. The molecule has 2 nitrogen and oxygen atoms in total. The molecular weight excluding hydrogens is 270 g/mol. The van der Waals surface area contributed by atoms with Crippen LogP contribution in [0.15, 0.2) is 30.3 Å². The lowest BCUT2D eigenvalue weighted by molar-refractivity contribution is -0.153. The summed E-state index contributed by atoms with van der Waals surface area (Å²) in [5.74, 6) is 0. The van der Waals surface area contributed by atoms with E-state index in [2.05, 4.69) is 20.7 Å². The van der Waals surface area contributed by atoms with Crippen LogP contribution in [0, 0.1) is 0 Å². The van der Waals surface area contributed by atoms with Crippen LogP contribution in [-0.4, -0.2) is 23.7 Å². The van der Waals surface area contributed by atoms with Gasteiger partial charge in [0, 0.05) is 7.11 Å². The van der Waals surface area contributed by atoms with Gasteiger partial charge in [-0.3, -0.25) is 0 Å². The molecule has 1 aromatic rings. The van der Waals surface area contributed by atoms with Crippen molar-refractivity contribution in [3.8, 4) is 0 Å². The molecule has 5 heteroatoms. The van der Waals surface area contributed by atoms with Crippen molar-refractivity contribution in [3.05, 3.63) is 35.9 Å². The predicted octanol–water partition coefficient (Wildman–Crippen LogP) is 2.51. The first-order valence-electron chi connectivity index (χ1n) is 4.25. The first-order chi connectivity index (χ1) is 6.92. The molecule has 1 unspecified atom stereocenters. The molecule has 0 spiro atoms. The van der Waals surface area contributed by atoms with Crippen molar-refractivity contribution < 1.29 is 18.6 Å². The van der Waals surface area contributed by atoms with Crippen LogP contribution in [0.25, 0.3) is 0 Å². The summed E-state index contributed by atoms with van der Waals surface area (Å²) >= 11 is 2.18. The Morgan fingerprint density at radius 1 is 1.33 bits per heavy atom. The molecule has 1 N–H and O–H groups in total. The summed E-state index contributed by atoms with van der Waals surface area (Å²) in [6.07, 6.45) is 0. The number of hydrogen-bond donors (Lipinski definition) is 1. The molecule has 15 heavy (non-hydrogen) atoms. The fourth-order valence-corrected chi connectivity index (χ4v) is 1.59. The lowest BCUT2D eigenvalue weighted by Gasteiger charge is -2.31. The Balaban J connectivity index is 3.13. The SMILES string of the molecule is COCC(O)(c1ccccc1)C(F)(F)Br. The lowest BCUT2D eigenvalue weighted by atomic mass is 9.95. The van der Waals surface area contributed by atoms with Crippen LogP contribution in [-0.2, 0) is 10.3 Å². The van der Waals surface area contributed by atoms with Gasteiger partial charge in [0.1, 0.15) is 0 Å². The van der Waals surface area contributed by atoms with Gasteiger partial charge in [0.2, 0.25) is 0 Å². The van der Waals surface area contributed by atoms with Crippen molar-refractivity contribution in [1.82, 2.24) is 0 Å². The third-order valence-corrected chi connectivity index (χ3v) is 2.73. The van der Waals surface area contributed by atoms with Crippen LogP contribution >= 0.6 is 15.9 Å². The number of halogens is 3. The zero-order valence-electron chi connectivity index (χ0n) is 8.08. The van der Waals surface area contributed by atoms with E-state index in [9.17, 15) is 13.9 Å². The van der Waals surface area contributed by atoms with Gasteiger partial charge in [0.05, 0.1) is 6.61 Å². The summed E-state index contributed by atoms with van der Waals surface area (Å²) in [6.45, 7) is -0.491. The van der Waals surface area contributed by atoms with Crippen molar-refractivity contribution in [2.45, 2.75) is 10.4 Å². The van der Waals surface area contributed by atoms with Gasteiger partial charge in [0.25, 0.3) is 0 Å². The first-order valence-corrected chi connectivity index (χ1v) is 5.04. The van der Waals surface area contributed by atoms with E-state index >= 15 is 0 Å². The molecule has 0 aromatic heterocycles. The maximum absolute atomic E-state index is 13.2. The molecule has 1 rings (SSSR count). The molecule has 0 aliphatic carbocycles. The highest BCUT2D eigenvalue weighted by molar-refractivity contribution is 9.10. The maximum Gasteiger partial charge on any atom is 0.335 e. The highest BCUT2D eigenvalue weighted by atomic mass is 79.9. The zero-order chi connectivity index (χ0) is 11.5. The summed E-state index contributed by atoms with van der Waals surface area (Å²) in [5, 5.41) is 9.90. The molecule has 0 heterocycles. The number of rotatable bonds is 4. The molecule has 0 radical (unpaired) electrons. The van der Waals surface area contributed by atoms with Crippen LogP contribution in [0.4, 0.5) is 8.78 Å². The highest BCUT2D eigenvalue weighted by Crippen LogP contribution is 2.42. The van der Waals surface area contributed by atoms with Crippen LogP contribution in [0.3, 0.4) is 0 Å². The van der Waals surface area contributed by atoms with E-state index in [1.54, 1.807) is 18.2 Å². The van der Waals surface area contributed by atoms with Gasteiger partial charge in [-0.05, 0) is 21.5 Å². The van der Waals surface area contributed by atoms with Gasteiger partial charge in [-0.2, -0.15) is 8.78 Å². The fourth-order valence-electron chi connectivity index (χ4n) is 1.25. The number of alkyl halides is 3. The maximum atomic E-state index is 13.2. The van der Waals surface area contributed by atoms with Crippen molar-refractivity contribution in [1.29, 1.82) is 0 Å². The standard InChI is InChI=1S/C10H11BrF2O2/c1-15-7-9(14,10(11,12)13)8-5-3-2-4-6-8/h2-6,14H,7H2,1H3. The second-order valence-electron chi connectivity index (χ2n) is 3.16. The highest BCUT2D eigenvalue weighted by Gasteiger charge is 2.52. The van der Waals surface area contributed by atoms with Crippen LogP contribution in [0.2, 0.25) is 0 Å². The normalized spacial score (nSPS) is 16.1. The summed E-state index contributed by atoms with van der Waals surface area (Å²) in [5.41, 5.74) is -2.25. The minimum atomic E-state index is -3.45. The van der Waals surface area contributed by atoms with Crippen LogP contribution < -0.4 is 0 Å². The van der Waals surface area contributed by atoms with Crippen molar-refractivity contribution in [3.63, 3.8) is 0 Å². The minimum absolute atomic E-state index is 0.105. The van der Waals surface area contributed by atoms with E-state index in [-0.39, 0.29) is 5.56 Å². The lowest BCUT2D eigenvalue weighted by Crippen LogP contribution is -2.45. The molecule has 0 bridgehead atoms. The molecule has 0 aliphatic rings. The number of aliphatic hydroxyl groups is 1. The van der Waals surface area contributed by atoms with Crippen molar-refractivity contribution >= 4 is 15.9 Å². The molecule has 0 aliphatic heterocycles. The fraction of sp³-hybridized carbons (Fsp3) is 0.400. The molecule has 0 fully saturated rings. The summed E-state index contributed by atoms with van der Waals surface area (Å²) in [6, 6.07) is 7.69. The molecule has 1 atom stereocenters. The minimum Gasteiger partial charge on any atom is -0.381 e. The summed E-state index contributed by atoms with van der Waals surface area (Å²) in [4.78, 5) is -3.45. The average molecular weight is 281 g/mol. The summed E-state index contributed by atoms with van der Waals surface area (Å²) in [7, 11) is 1.26. The van der Waals surface area contributed by atoms with Gasteiger partial charge >= 0.3 is 4.83 Å². The topological polar surface area (TPSA) is 29.5 Å². The number of hydrogen-bond acceptors (Lipinski definition) is 2. The van der Waals surface area contributed by atoms with E-state index in [0.717, 1.165) is 0 Å². The van der Waals surface area contributed by atoms with E-state index in [1.807, 2.05) is 0 Å². The van der Waals surface area contributed by atoms with Crippen LogP contribution in [0.5, 0.6) is 0 Å². The molecule has 0 saturated heterocycles. The first kappa shape index (κ1) is 12.5. The smallest absolute Gasteiger partial charge is 0.335 e. The Morgan fingerprint density at radius 2 is 1.87 bits per heavy atom. The molecule has 84 valence electrons. The molecule has 1 aromatic carbocycles. The predicted molar refractivity (Wildman–Crippen MR) is 56.1 cm³/mol. The molecular formula is C10H11BrF2O2. The quantitative estimate of drug-likeness (QED) is 0.859. The van der Waals surface area contributed by atoms with E-state index in [1.165, 1.54) is 19.2 Å². The molecule has 0 amide bonds. The van der Waals surface area contributed by atoms with Gasteiger partial charge in [0.15, 0.2) is 5.60 Å². The van der Waals surface area contributed by atoms with Gasteiger partial charge in [-0.1, -0.05) is 30.3 Å². The Kier molecular flexibility index (Phi) is 3.81. The van der Waals surface area contributed by atoms with E-state index in [4.69, 9.17) is 0 Å².